The van der Waals surface area contributed by atoms with Gasteiger partial charge in [0.1, 0.15) is 55.3 Å². The van der Waals surface area contributed by atoms with E-state index in [0.717, 1.165) is 112 Å². The van der Waals surface area contributed by atoms with Gasteiger partial charge in [0.05, 0.1) is 6.04 Å². The quantitative estimate of drug-likeness (QED) is 0.0148. The Hall–Kier alpha value is -7.22. The van der Waals surface area contributed by atoms with E-state index in [-0.39, 0.29) is 69.4 Å². The first kappa shape index (κ1) is 64.9. The van der Waals surface area contributed by atoms with Crippen molar-refractivity contribution in [2.75, 3.05) is 19.6 Å². The van der Waals surface area contributed by atoms with Crippen LogP contribution in [0.4, 0.5) is 14.4 Å². The first-order valence-corrected chi connectivity index (χ1v) is 34.7. The fourth-order valence-corrected chi connectivity index (χ4v) is 18.6. The Bertz CT molecular complexity index is 2970. The lowest BCUT2D eigenvalue weighted by Crippen LogP contribution is -2.58. The maximum atomic E-state index is 15.0. The summed E-state index contributed by atoms with van der Waals surface area (Å²) in [6.45, 7) is 0.0162. The van der Waals surface area contributed by atoms with Gasteiger partial charge in [-0.3, -0.25) is 24.0 Å². The zero-order valence-corrected chi connectivity index (χ0v) is 53.0. The number of rotatable bonds is 29. The van der Waals surface area contributed by atoms with Crippen molar-refractivity contribution in [3.63, 3.8) is 0 Å². The number of benzene rings is 3. The molecule has 0 unspecified atom stereocenters. The highest BCUT2D eigenvalue weighted by atomic mass is 16.7. The molecule has 0 aliphatic heterocycles. The topological polar surface area (TPSA) is 281 Å². The maximum Gasteiger partial charge on any atom is 0.514 e. The molecule has 20 heteroatoms. The van der Waals surface area contributed by atoms with Crippen molar-refractivity contribution in [1.29, 1.82) is 0 Å². The fourth-order valence-electron chi connectivity index (χ4n) is 18.6. The first-order chi connectivity index (χ1) is 44.7. The second-order valence-corrected chi connectivity index (χ2v) is 29.0. The lowest BCUT2D eigenvalue weighted by molar-refractivity contribution is -0.145. The summed E-state index contributed by atoms with van der Waals surface area (Å²) < 4.78 is 29.3. The standard InChI is InChI=1S/C72H95N7O13/c73-58(38-42-11-3-1-4-12-42)66(81)77-60(16-8-10-22-75-71(86)91-64-53-30-47-24-48(32-53)33-54(64)31-47)68(83)79-61(39-43-17-19-57(20-18-43)89-72(87)92-65-55-34-49-25-50(36-55)37-56(65)35-49)69(84)78-59(67(82)76-40-62(80)88-41-44-13-5-2-6-14-44)15-7-9-21-74-70(85)90-63-51-26-45-23-46(28-51)29-52(63)27-45/h1-6,11-14,17-20,45-56,58-61,63-65H,7-10,15-16,21-41,73H2,(H,74,85)(H,75,86)(H,76,82)(H,77,81)(H,78,84)(H,79,83)/t45?,46?,47?,48?,49?,50?,51?,52?,53?,54?,55?,56?,58-,59-,60-,61-,63?,64?,65?/m0/s1. The number of esters is 1. The summed E-state index contributed by atoms with van der Waals surface area (Å²) in [6.07, 6.45) is 16.9. The molecule has 15 rings (SSSR count). The fraction of sp³-hybridized carbons (Fsp3) is 0.639. The van der Waals surface area contributed by atoms with Crippen molar-refractivity contribution in [3.8, 4) is 5.75 Å². The van der Waals surface area contributed by atoms with Crippen LogP contribution < -0.4 is 42.4 Å². The predicted molar refractivity (Wildman–Crippen MR) is 340 cm³/mol. The van der Waals surface area contributed by atoms with Gasteiger partial charge >= 0.3 is 24.3 Å². The smallest absolute Gasteiger partial charge is 0.460 e. The molecule has 12 saturated carbocycles. The number of alkyl carbamates (subject to hydrolysis) is 2. The van der Waals surface area contributed by atoms with Crippen molar-refractivity contribution in [1.82, 2.24) is 31.9 Å². The molecule has 12 aliphatic carbocycles. The molecule has 6 amide bonds. The summed E-state index contributed by atoms with van der Waals surface area (Å²) in [6, 6.07) is 20.1. The van der Waals surface area contributed by atoms with Gasteiger partial charge in [0, 0.05) is 19.5 Å². The van der Waals surface area contributed by atoms with Crippen LogP contribution >= 0.6 is 0 Å². The zero-order valence-electron chi connectivity index (χ0n) is 53.0. The average Bonchev–Trinajstić information content (AvgIpc) is 0.931. The highest BCUT2D eigenvalue weighted by molar-refractivity contribution is 5.95. The highest BCUT2D eigenvalue weighted by Gasteiger charge is 2.53. The van der Waals surface area contributed by atoms with Gasteiger partial charge in [-0.25, -0.2) is 14.4 Å². The van der Waals surface area contributed by atoms with Crippen LogP contribution in [0.2, 0.25) is 0 Å². The Morgan fingerprint density at radius 1 is 0.413 bits per heavy atom. The van der Waals surface area contributed by atoms with Crippen LogP contribution in [-0.2, 0) is 62.4 Å². The average molecular weight is 1270 g/mol. The van der Waals surface area contributed by atoms with Gasteiger partial charge in [0.2, 0.25) is 23.6 Å². The molecule has 12 aliphatic rings. The molecule has 0 aromatic heterocycles. The molecule has 0 spiro atoms. The van der Waals surface area contributed by atoms with Gasteiger partial charge in [-0.15, -0.1) is 0 Å². The number of unbranched alkanes of at least 4 members (excludes halogenated alkanes) is 2. The Morgan fingerprint density at radius 2 is 0.815 bits per heavy atom. The minimum Gasteiger partial charge on any atom is -0.460 e. The number of ether oxygens (including phenoxy) is 5. The van der Waals surface area contributed by atoms with Crippen LogP contribution in [0.5, 0.6) is 5.75 Å². The lowest BCUT2D eigenvalue weighted by Gasteiger charge is -2.53. The minimum atomic E-state index is -1.36. The van der Waals surface area contributed by atoms with E-state index in [0.29, 0.717) is 78.6 Å². The SMILES string of the molecule is N[C@@H](Cc1ccccc1)C(=O)N[C@@H](CCCCNC(=O)OC1C2CC3CC(C2)CC1C3)C(=O)N[C@@H](Cc1ccc(OC(=O)OC2C3CC4CC(C3)CC2C4)cc1)C(=O)N[C@@H](CCCCNC(=O)OC1C2CC3CC(C2)CC1C3)C(=O)NCC(=O)OCc1ccccc1. The van der Waals surface area contributed by atoms with E-state index in [1.807, 2.05) is 60.7 Å². The molecule has 92 heavy (non-hydrogen) atoms. The number of nitrogens with two attached hydrogens (primary N) is 1. The number of carbonyl (C=O) groups excluding carboxylic acids is 8. The van der Waals surface area contributed by atoms with E-state index in [2.05, 4.69) is 31.9 Å². The summed E-state index contributed by atoms with van der Waals surface area (Å²) in [7, 11) is 0. The highest BCUT2D eigenvalue weighted by Crippen LogP contribution is 2.57. The van der Waals surface area contributed by atoms with Gasteiger partial charge in [-0.2, -0.15) is 0 Å². The number of hydrogen-bond acceptors (Lipinski definition) is 14. The van der Waals surface area contributed by atoms with Crippen molar-refractivity contribution in [3.05, 3.63) is 102 Å². The number of amides is 6. The normalized spacial score (nSPS) is 30.2. The van der Waals surface area contributed by atoms with Crippen LogP contribution in [0.3, 0.4) is 0 Å². The Labute approximate surface area is 540 Å². The molecule has 0 radical (unpaired) electrons. The largest absolute Gasteiger partial charge is 0.514 e. The number of nitrogens with one attached hydrogen (secondary N) is 6. The molecule has 3 aromatic carbocycles. The van der Waals surface area contributed by atoms with Gasteiger partial charge in [0.25, 0.3) is 0 Å². The van der Waals surface area contributed by atoms with E-state index in [1.54, 1.807) is 24.3 Å². The molecule has 4 atom stereocenters. The van der Waals surface area contributed by atoms with Crippen LogP contribution in [0.1, 0.15) is 152 Å². The second-order valence-electron chi connectivity index (χ2n) is 29.0. The third-order valence-corrected chi connectivity index (χ3v) is 22.3. The van der Waals surface area contributed by atoms with E-state index in [9.17, 15) is 33.6 Å². The molecule has 12 bridgehead atoms. The summed E-state index contributed by atoms with van der Waals surface area (Å²) >= 11 is 0. The van der Waals surface area contributed by atoms with E-state index in [4.69, 9.17) is 29.4 Å². The van der Waals surface area contributed by atoms with Crippen LogP contribution in [0.25, 0.3) is 0 Å². The summed E-state index contributed by atoms with van der Waals surface area (Å²) in [5.41, 5.74) is 8.64. The maximum absolute atomic E-state index is 15.0. The molecular formula is C72H95N7O13. The predicted octanol–water partition coefficient (Wildman–Crippen LogP) is 8.90. The van der Waals surface area contributed by atoms with Gasteiger partial charge < -0.3 is 61.3 Å². The molecule has 3 aromatic rings. The second kappa shape index (κ2) is 30.2. The number of hydrogen-bond donors (Lipinski definition) is 7. The first-order valence-electron chi connectivity index (χ1n) is 34.7. The molecular weight excluding hydrogens is 1170 g/mol. The van der Waals surface area contributed by atoms with Gasteiger partial charge in [-0.1, -0.05) is 72.8 Å². The van der Waals surface area contributed by atoms with Crippen LogP contribution in [0, 0.1) is 71.0 Å². The zero-order chi connectivity index (χ0) is 63.7. The summed E-state index contributed by atoms with van der Waals surface area (Å²) in [5.74, 6) is 3.50. The van der Waals surface area contributed by atoms with Crippen LogP contribution in [-0.4, -0.2) is 110 Å². The Balaban J connectivity index is 0.718. The third kappa shape index (κ3) is 16.9. The molecule has 0 heterocycles. The molecule has 496 valence electrons. The van der Waals surface area contributed by atoms with Crippen molar-refractivity contribution >= 4 is 47.9 Å². The molecule has 12 fully saturated rings. The minimum absolute atomic E-state index is 0.0115. The van der Waals surface area contributed by atoms with Crippen molar-refractivity contribution in [2.24, 2.45) is 76.7 Å². The monoisotopic (exact) mass is 1270 g/mol. The Morgan fingerprint density at radius 3 is 1.29 bits per heavy atom. The van der Waals surface area contributed by atoms with Crippen molar-refractivity contribution < 1.29 is 62.0 Å². The van der Waals surface area contributed by atoms with Crippen LogP contribution in [0.15, 0.2) is 84.9 Å². The molecule has 0 saturated heterocycles. The van der Waals surface area contributed by atoms with Gasteiger partial charge in [-0.05, 0) is 241 Å². The molecule has 20 nitrogen and oxygen atoms in total. The van der Waals surface area contributed by atoms with Gasteiger partial charge in [0.15, 0.2) is 0 Å². The van der Waals surface area contributed by atoms with E-state index in [1.165, 1.54) is 19.3 Å². The van der Waals surface area contributed by atoms with Crippen molar-refractivity contribution in [2.45, 2.75) is 197 Å². The summed E-state index contributed by atoms with van der Waals surface area (Å²) in [4.78, 5) is 111. The molecule has 8 N–H and O–H groups in total. The van der Waals surface area contributed by atoms with E-state index >= 15 is 4.79 Å². The third-order valence-electron chi connectivity index (χ3n) is 22.3. The van der Waals surface area contributed by atoms with E-state index < -0.39 is 78.7 Å². The lowest BCUT2D eigenvalue weighted by atomic mass is 9.55. The number of carbonyl (C=O) groups is 8. The Kier molecular flexibility index (Phi) is 21.3. The summed E-state index contributed by atoms with van der Waals surface area (Å²) in [5, 5.41) is 17.1.